The normalized spacial score (nSPS) is 10.9. The second-order valence-corrected chi connectivity index (χ2v) is 7.81. The van der Waals surface area contributed by atoms with Crippen LogP contribution < -0.4 is 15.0 Å². The molecule has 3 aromatic rings. The van der Waals surface area contributed by atoms with Crippen LogP contribution in [-0.2, 0) is 11.3 Å². The Hall–Kier alpha value is -3.43. The number of nitrogens with zero attached hydrogens (tertiary/aromatic N) is 2. The molecule has 1 aromatic heterocycles. The number of halogens is 1. The number of ether oxygens (including phenoxy) is 1. The lowest BCUT2D eigenvalue weighted by Crippen LogP contribution is -2.24. The number of thiazole rings is 1. The first-order chi connectivity index (χ1) is 14.8. The van der Waals surface area contributed by atoms with Crippen LogP contribution in [0.15, 0.2) is 58.4 Å². The summed E-state index contributed by atoms with van der Waals surface area (Å²) < 4.78 is 6.74. The standard InChI is InChI=1S/C21H18ClN3O5S/c1-13-5-2-3-8-16(13)30-12-18(26)24-23-10-17-19(22)25(21(29)31-17)11-14-6-4-7-15(9-14)20(27)28/h2-10H,11-12H2,1H3,(H,24,26)(H,27,28)/b23-10+. The van der Waals surface area contributed by atoms with Crippen LogP contribution >= 0.6 is 22.9 Å². The molecule has 0 aliphatic heterocycles. The fraction of sp³-hybridized carbons (Fsp3) is 0.143. The van der Waals surface area contributed by atoms with E-state index < -0.39 is 11.9 Å². The van der Waals surface area contributed by atoms with Gasteiger partial charge in [-0.05, 0) is 36.2 Å². The van der Waals surface area contributed by atoms with Crippen molar-refractivity contribution in [2.75, 3.05) is 6.61 Å². The number of hydrazone groups is 1. The highest BCUT2D eigenvalue weighted by molar-refractivity contribution is 7.11. The van der Waals surface area contributed by atoms with Crippen molar-refractivity contribution >= 4 is 41.0 Å². The number of carboxylic acid groups (broad SMARTS) is 1. The number of carbonyl (C=O) groups is 2. The fourth-order valence-corrected chi connectivity index (χ4v) is 3.77. The SMILES string of the molecule is Cc1ccccc1OCC(=O)N/N=C/c1sc(=O)n(Cc2cccc(C(=O)O)c2)c1Cl. The molecule has 1 amide bonds. The summed E-state index contributed by atoms with van der Waals surface area (Å²) >= 11 is 7.15. The van der Waals surface area contributed by atoms with E-state index in [1.54, 1.807) is 18.2 Å². The lowest BCUT2D eigenvalue weighted by atomic mass is 10.1. The van der Waals surface area contributed by atoms with Gasteiger partial charge in [-0.2, -0.15) is 5.10 Å². The van der Waals surface area contributed by atoms with Crippen molar-refractivity contribution in [3.05, 3.63) is 84.9 Å². The van der Waals surface area contributed by atoms with Crippen LogP contribution in [0.2, 0.25) is 5.15 Å². The maximum absolute atomic E-state index is 12.3. The minimum atomic E-state index is -1.06. The van der Waals surface area contributed by atoms with Crippen molar-refractivity contribution in [3.63, 3.8) is 0 Å². The van der Waals surface area contributed by atoms with E-state index in [9.17, 15) is 14.4 Å². The summed E-state index contributed by atoms with van der Waals surface area (Å²) in [5, 5.41) is 13.1. The van der Waals surface area contributed by atoms with E-state index >= 15 is 0 Å². The average molecular weight is 460 g/mol. The number of hydrogen-bond acceptors (Lipinski definition) is 6. The molecule has 0 aliphatic rings. The Balaban J connectivity index is 1.62. The molecule has 0 saturated carbocycles. The topological polar surface area (TPSA) is 110 Å². The van der Waals surface area contributed by atoms with Crippen molar-refractivity contribution in [1.29, 1.82) is 0 Å². The van der Waals surface area contributed by atoms with Gasteiger partial charge >= 0.3 is 10.8 Å². The summed E-state index contributed by atoms with van der Waals surface area (Å²) in [4.78, 5) is 35.3. The number of carboxylic acids is 1. The second kappa shape index (κ2) is 10.1. The number of nitrogens with one attached hydrogen (secondary N) is 1. The molecule has 0 atom stereocenters. The summed E-state index contributed by atoms with van der Waals surface area (Å²) in [7, 11) is 0. The zero-order valence-electron chi connectivity index (χ0n) is 16.4. The molecule has 0 unspecified atom stereocenters. The number of hydrogen-bond donors (Lipinski definition) is 2. The summed E-state index contributed by atoms with van der Waals surface area (Å²) in [5.74, 6) is -0.916. The Morgan fingerprint density at radius 2 is 2.03 bits per heavy atom. The number of para-hydroxylation sites is 1. The van der Waals surface area contributed by atoms with Gasteiger partial charge in [0.25, 0.3) is 5.91 Å². The predicted molar refractivity (Wildman–Crippen MR) is 119 cm³/mol. The third-order valence-corrected chi connectivity index (χ3v) is 5.63. The molecule has 2 N–H and O–H groups in total. The number of aromatic nitrogens is 1. The minimum Gasteiger partial charge on any atom is -0.483 e. The monoisotopic (exact) mass is 459 g/mol. The van der Waals surface area contributed by atoms with Crippen molar-refractivity contribution in [2.45, 2.75) is 13.5 Å². The quantitative estimate of drug-likeness (QED) is 0.397. The molecule has 10 heteroatoms. The zero-order valence-corrected chi connectivity index (χ0v) is 17.9. The molecule has 0 bridgehead atoms. The van der Waals surface area contributed by atoms with E-state index in [-0.39, 0.29) is 28.7 Å². The van der Waals surface area contributed by atoms with Crippen LogP contribution in [0.1, 0.15) is 26.4 Å². The average Bonchev–Trinajstić information content (AvgIpc) is 3.01. The highest BCUT2D eigenvalue weighted by Crippen LogP contribution is 2.19. The summed E-state index contributed by atoms with van der Waals surface area (Å²) in [6.07, 6.45) is 1.28. The first kappa shape index (κ1) is 22.3. The lowest BCUT2D eigenvalue weighted by molar-refractivity contribution is -0.123. The maximum atomic E-state index is 12.3. The molecule has 0 fully saturated rings. The van der Waals surface area contributed by atoms with E-state index in [1.807, 2.05) is 25.1 Å². The smallest absolute Gasteiger partial charge is 0.335 e. The van der Waals surface area contributed by atoms with Gasteiger partial charge in [0.05, 0.1) is 23.2 Å². The Bertz CT molecular complexity index is 1200. The molecule has 3 rings (SSSR count). The number of rotatable bonds is 8. The highest BCUT2D eigenvalue weighted by atomic mass is 35.5. The van der Waals surface area contributed by atoms with Crippen LogP contribution in [0.5, 0.6) is 5.75 Å². The van der Waals surface area contributed by atoms with E-state index in [4.69, 9.17) is 21.4 Å². The first-order valence-electron chi connectivity index (χ1n) is 9.07. The van der Waals surface area contributed by atoms with Gasteiger partial charge in [0.2, 0.25) is 0 Å². The molecular weight excluding hydrogens is 442 g/mol. The van der Waals surface area contributed by atoms with Crippen LogP contribution in [-0.4, -0.2) is 34.4 Å². The minimum absolute atomic E-state index is 0.111. The summed E-state index contributed by atoms with van der Waals surface area (Å²) in [6, 6.07) is 13.6. The molecule has 0 aliphatic carbocycles. The van der Waals surface area contributed by atoms with Gasteiger partial charge in [0.1, 0.15) is 10.9 Å². The number of carbonyl (C=O) groups excluding carboxylic acids is 1. The highest BCUT2D eigenvalue weighted by Gasteiger charge is 2.13. The molecule has 2 aromatic carbocycles. The number of aromatic carboxylic acids is 1. The lowest BCUT2D eigenvalue weighted by Gasteiger charge is -2.07. The molecule has 160 valence electrons. The molecule has 0 radical (unpaired) electrons. The van der Waals surface area contributed by atoms with Gasteiger partial charge in [-0.1, -0.05) is 53.3 Å². The van der Waals surface area contributed by atoms with Crippen LogP contribution in [0.25, 0.3) is 0 Å². The van der Waals surface area contributed by atoms with Crippen molar-refractivity contribution in [1.82, 2.24) is 9.99 Å². The van der Waals surface area contributed by atoms with Gasteiger partial charge in [-0.15, -0.1) is 0 Å². The van der Waals surface area contributed by atoms with Gasteiger partial charge in [0.15, 0.2) is 6.61 Å². The molecule has 8 nitrogen and oxygen atoms in total. The molecule has 0 spiro atoms. The maximum Gasteiger partial charge on any atom is 0.335 e. The number of benzene rings is 2. The first-order valence-corrected chi connectivity index (χ1v) is 10.3. The van der Waals surface area contributed by atoms with Crippen molar-refractivity contribution in [3.8, 4) is 5.75 Å². The summed E-state index contributed by atoms with van der Waals surface area (Å²) in [6.45, 7) is 1.77. The van der Waals surface area contributed by atoms with Gasteiger partial charge in [0, 0.05) is 0 Å². The molecular formula is C21H18ClN3O5S. The Morgan fingerprint density at radius 1 is 1.26 bits per heavy atom. The third-order valence-electron chi connectivity index (χ3n) is 4.20. The fourth-order valence-electron chi connectivity index (χ4n) is 2.66. The van der Waals surface area contributed by atoms with Crippen molar-refractivity contribution in [2.24, 2.45) is 5.10 Å². The predicted octanol–water partition coefficient (Wildman–Crippen LogP) is 3.15. The second-order valence-electron chi connectivity index (χ2n) is 6.46. The van der Waals surface area contributed by atoms with E-state index in [1.165, 1.54) is 22.9 Å². The van der Waals surface area contributed by atoms with Crippen molar-refractivity contribution < 1.29 is 19.4 Å². The number of amides is 1. The van der Waals surface area contributed by atoms with Gasteiger partial charge in [-0.3, -0.25) is 14.2 Å². The van der Waals surface area contributed by atoms with Gasteiger partial charge < -0.3 is 9.84 Å². The number of aryl methyl sites for hydroxylation is 1. The van der Waals surface area contributed by atoms with Crippen LogP contribution in [0.3, 0.4) is 0 Å². The van der Waals surface area contributed by atoms with E-state index in [0.29, 0.717) is 16.2 Å². The Morgan fingerprint density at radius 3 is 2.77 bits per heavy atom. The molecule has 31 heavy (non-hydrogen) atoms. The summed E-state index contributed by atoms with van der Waals surface area (Å²) in [5.41, 5.74) is 3.97. The third kappa shape index (κ3) is 5.80. The van der Waals surface area contributed by atoms with E-state index in [0.717, 1.165) is 16.9 Å². The zero-order chi connectivity index (χ0) is 22.4. The van der Waals surface area contributed by atoms with Crippen LogP contribution in [0, 0.1) is 6.92 Å². The van der Waals surface area contributed by atoms with Gasteiger partial charge in [-0.25, -0.2) is 10.2 Å². The molecule has 0 saturated heterocycles. The van der Waals surface area contributed by atoms with E-state index in [2.05, 4.69) is 10.5 Å². The largest absolute Gasteiger partial charge is 0.483 e. The Labute approximate surface area is 186 Å². The Kier molecular flexibility index (Phi) is 7.22. The molecule has 1 heterocycles. The van der Waals surface area contributed by atoms with Crippen LogP contribution in [0.4, 0.5) is 0 Å².